The van der Waals surface area contributed by atoms with Gasteiger partial charge in [0, 0.05) is 24.1 Å². The molecule has 1 aromatic rings. The second-order valence-electron chi connectivity index (χ2n) is 6.17. The molecule has 1 aliphatic carbocycles. The van der Waals surface area contributed by atoms with Gasteiger partial charge >= 0.3 is 0 Å². The molecule has 1 heterocycles. The van der Waals surface area contributed by atoms with Crippen LogP contribution in [0.4, 0.5) is 0 Å². The maximum Gasteiger partial charge on any atom is 0.128 e. The molecule has 0 saturated heterocycles. The first-order chi connectivity index (χ1) is 9.08. The van der Waals surface area contributed by atoms with Gasteiger partial charge in [0.05, 0.1) is 6.10 Å². The lowest BCUT2D eigenvalue weighted by Gasteiger charge is -2.38. The molecular weight excluding hydrogens is 238 g/mol. The Morgan fingerprint density at radius 3 is 2.74 bits per heavy atom. The minimum atomic E-state index is -0.0110. The van der Waals surface area contributed by atoms with Gasteiger partial charge in [0.2, 0.25) is 0 Å². The third-order valence-corrected chi connectivity index (χ3v) is 4.19. The van der Waals surface area contributed by atoms with Crippen molar-refractivity contribution >= 4 is 0 Å². The van der Waals surface area contributed by atoms with E-state index in [2.05, 4.69) is 6.07 Å². The summed E-state index contributed by atoms with van der Waals surface area (Å²) in [6, 6.07) is 6.15. The second-order valence-corrected chi connectivity index (χ2v) is 6.17. The Balaban J connectivity index is 1.90. The highest BCUT2D eigenvalue weighted by molar-refractivity contribution is 5.44. The molecule has 104 valence electrons. The highest BCUT2D eigenvalue weighted by Crippen LogP contribution is 2.47. The van der Waals surface area contributed by atoms with Crippen molar-refractivity contribution in [3.05, 3.63) is 23.8 Å². The summed E-state index contributed by atoms with van der Waals surface area (Å²) in [5.74, 6) is 1.80. The van der Waals surface area contributed by atoms with Crippen LogP contribution in [0.15, 0.2) is 18.2 Å². The monoisotopic (exact) mass is 261 g/mol. The highest BCUT2D eigenvalue weighted by Gasteiger charge is 2.42. The molecule has 3 nitrogen and oxygen atoms in total. The molecule has 0 aromatic heterocycles. The number of hydrogen-bond donors (Lipinski definition) is 1. The van der Waals surface area contributed by atoms with Crippen molar-refractivity contribution in [1.82, 2.24) is 0 Å². The molecule has 1 unspecified atom stereocenters. The summed E-state index contributed by atoms with van der Waals surface area (Å²) < 4.78 is 12.1. The molecule has 0 bridgehead atoms. The topological polar surface area (TPSA) is 44.5 Å². The Kier molecular flexibility index (Phi) is 3.17. The van der Waals surface area contributed by atoms with Gasteiger partial charge in [-0.05, 0) is 45.6 Å². The lowest BCUT2D eigenvalue weighted by molar-refractivity contribution is 0.0422. The van der Waals surface area contributed by atoms with Crippen molar-refractivity contribution in [2.24, 2.45) is 5.73 Å². The molecule has 3 rings (SSSR count). The second kappa shape index (κ2) is 4.71. The standard InChI is InChI=1S/C16H23NO2/c1-11(2)18-12-5-6-13-14(17)10-16(7-3-4-8-16)19-15(13)9-12/h5-6,9,11,14H,3-4,7-8,10,17H2,1-2H3. The number of fused-ring (bicyclic) bond motifs is 1. The molecule has 1 atom stereocenters. The van der Waals surface area contributed by atoms with E-state index in [-0.39, 0.29) is 17.7 Å². The Morgan fingerprint density at radius 1 is 1.32 bits per heavy atom. The van der Waals surface area contributed by atoms with Crippen LogP contribution in [0.25, 0.3) is 0 Å². The van der Waals surface area contributed by atoms with Gasteiger partial charge in [0.1, 0.15) is 17.1 Å². The van der Waals surface area contributed by atoms with Gasteiger partial charge in [0.25, 0.3) is 0 Å². The molecule has 2 aliphatic rings. The quantitative estimate of drug-likeness (QED) is 0.885. The molecule has 0 amide bonds. The number of hydrogen-bond acceptors (Lipinski definition) is 3. The van der Waals surface area contributed by atoms with Crippen LogP contribution in [-0.2, 0) is 0 Å². The van der Waals surface area contributed by atoms with Crippen molar-refractivity contribution in [3.63, 3.8) is 0 Å². The molecule has 1 aliphatic heterocycles. The van der Waals surface area contributed by atoms with Crippen molar-refractivity contribution < 1.29 is 9.47 Å². The predicted molar refractivity (Wildman–Crippen MR) is 75.6 cm³/mol. The molecule has 1 fully saturated rings. The van der Waals surface area contributed by atoms with E-state index in [1.165, 1.54) is 12.8 Å². The summed E-state index contributed by atoms with van der Waals surface area (Å²) in [6.45, 7) is 4.06. The van der Waals surface area contributed by atoms with E-state index in [4.69, 9.17) is 15.2 Å². The van der Waals surface area contributed by atoms with Crippen molar-refractivity contribution in [2.45, 2.75) is 63.7 Å². The van der Waals surface area contributed by atoms with Gasteiger partial charge < -0.3 is 15.2 Å². The molecule has 19 heavy (non-hydrogen) atoms. The summed E-state index contributed by atoms with van der Waals surface area (Å²) in [5, 5.41) is 0. The SMILES string of the molecule is CC(C)Oc1ccc2c(c1)OC1(CCCC1)CC2N. The van der Waals surface area contributed by atoms with Crippen LogP contribution in [0.3, 0.4) is 0 Å². The van der Waals surface area contributed by atoms with Crippen LogP contribution in [0.2, 0.25) is 0 Å². The fourth-order valence-electron chi connectivity index (χ4n) is 3.37. The van der Waals surface area contributed by atoms with Crippen molar-refractivity contribution in [3.8, 4) is 11.5 Å². The zero-order valence-corrected chi connectivity index (χ0v) is 11.8. The molecule has 1 spiro atoms. The summed E-state index contributed by atoms with van der Waals surface area (Å²) in [4.78, 5) is 0. The van der Waals surface area contributed by atoms with Crippen molar-refractivity contribution in [1.29, 1.82) is 0 Å². The Hall–Kier alpha value is -1.22. The maximum atomic E-state index is 6.33. The van der Waals surface area contributed by atoms with Gasteiger partial charge in [0.15, 0.2) is 0 Å². The Labute approximate surface area is 115 Å². The number of rotatable bonds is 2. The fourth-order valence-corrected chi connectivity index (χ4v) is 3.37. The first kappa shape index (κ1) is 12.8. The third-order valence-electron chi connectivity index (χ3n) is 4.19. The van der Waals surface area contributed by atoms with E-state index in [0.29, 0.717) is 0 Å². The van der Waals surface area contributed by atoms with Gasteiger partial charge in [-0.2, -0.15) is 0 Å². The maximum absolute atomic E-state index is 6.33. The average Bonchev–Trinajstić information content (AvgIpc) is 2.75. The minimum absolute atomic E-state index is 0.0110. The van der Waals surface area contributed by atoms with Gasteiger partial charge in [-0.3, -0.25) is 0 Å². The van der Waals surface area contributed by atoms with Gasteiger partial charge in [-0.25, -0.2) is 0 Å². The van der Waals surface area contributed by atoms with E-state index in [1.54, 1.807) is 0 Å². The van der Waals surface area contributed by atoms with Gasteiger partial charge in [-0.15, -0.1) is 0 Å². The number of nitrogens with two attached hydrogens (primary N) is 1. The first-order valence-electron chi connectivity index (χ1n) is 7.33. The van der Waals surface area contributed by atoms with E-state index in [1.807, 2.05) is 26.0 Å². The molecule has 0 radical (unpaired) electrons. The minimum Gasteiger partial charge on any atom is -0.491 e. The lowest BCUT2D eigenvalue weighted by atomic mass is 9.86. The Bertz CT molecular complexity index is 464. The fraction of sp³-hybridized carbons (Fsp3) is 0.625. The Morgan fingerprint density at radius 2 is 2.05 bits per heavy atom. The largest absolute Gasteiger partial charge is 0.491 e. The van der Waals surface area contributed by atoms with E-state index in [9.17, 15) is 0 Å². The zero-order valence-electron chi connectivity index (χ0n) is 11.8. The third kappa shape index (κ3) is 2.44. The molecule has 1 saturated carbocycles. The smallest absolute Gasteiger partial charge is 0.128 e. The van der Waals surface area contributed by atoms with Crippen LogP contribution in [0.5, 0.6) is 11.5 Å². The average molecular weight is 261 g/mol. The predicted octanol–water partition coefficient (Wildman–Crippen LogP) is 3.57. The number of ether oxygens (including phenoxy) is 2. The zero-order chi connectivity index (χ0) is 13.5. The van der Waals surface area contributed by atoms with E-state index in [0.717, 1.165) is 36.3 Å². The van der Waals surface area contributed by atoms with Crippen molar-refractivity contribution in [2.75, 3.05) is 0 Å². The summed E-state index contributed by atoms with van der Waals surface area (Å²) in [5.41, 5.74) is 7.44. The van der Waals surface area contributed by atoms with Gasteiger partial charge in [-0.1, -0.05) is 6.07 Å². The summed E-state index contributed by atoms with van der Waals surface area (Å²) in [7, 11) is 0. The molecule has 3 heteroatoms. The molecule has 1 aromatic carbocycles. The summed E-state index contributed by atoms with van der Waals surface area (Å²) >= 11 is 0. The van der Waals surface area contributed by atoms with E-state index >= 15 is 0 Å². The van der Waals surface area contributed by atoms with E-state index < -0.39 is 0 Å². The highest BCUT2D eigenvalue weighted by atomic mass is 16.5. The lowest BCUT2D eigenvalue weighted by Crippen LogP contribution is -2.40. The van der Waals surface area contributed by atoms with Crippen LogP contribution >= 0.6 is 0 Å². The van der Waals surface area contributed by atoms with Crippen LogP contribution in [-0.4, -0.2) is 11.7 Å². The summed E-state index contributed by atoms with van der Waals surface area (Å²) in [6.07, 6.45) is 5.90. The van der Waals surface area contributed by atoms with Crippen LogP contribution < -0.4 is 15.2 Å². The first-order valence-corrected chi connectivity index (χ1v) is 7.33. The normalized spacial score (nSPS) is 24.3. The number of benzene rings is 1. The molecule has 2 N–H and O–H groups in total. The molecular formula is C16H23NO2. The van der Waals surface area contributed by atoms with Crippen LogP contribution in [0.1, 0.15) is 57.6 Å². The van der Waals surface area contributed by atoms with Crippen LogP contribution in [0, 0.1) is 0 Å².